The highest BCUT2D eigenvalue weighted by Gasteiger charge is 2.32. The Balaban J connectivity index is 1.62. The first-order valence-corrected chi connectivity index (χ1v) is 13.3. The van der Waals surface area contributed by atoms with E-state index in [0.717, 1.165) is 18.2 Å². The van der Waals surface area contributed by atoms with Gasteiger partial charge in [-0.15, -0.1) is 0 Å². The van der Waals surface area contributed by atoms with Crippen LogP contribution >= 0.6 is 7.60 Å². The third-order valence-corrected chi connectivity index (χ3v) is 7.25. The smallest absolute Gasteiger partial charge is 0.379 e. The predicted octanol–water partition coefficient (Wildman–Crippen LogP) is 4.70. The minimum atomic E-state index is -3.87. The summed E-state index contributed by atoms with van der Waals surface area (Å²) in [4.78, 5) is 41.3. The van der Waals surface area contributed by atoms with Crippen LogP contribution in [-0.4, -0.2) is 47.8 Å². The van der Waals surface area contributed by atoms with Crippen molar-refractivity contribution in [2.45, 2.75) is 25.7 Å². The lowest BCUT2D eigenvalue weighted by Gasteiger charge is -2.25. The summed E-state index contributed by atoms with van der Waals surface area (Å²) in [6.07, 6.45) is -0.375. The molecule has 3 aromatic carbocycles. The molecule has 11 heteroatoms. The van der Waals surface area contributed by atoms with Gasteiger partial charge in [0.2, 0.25) is 6.41 Å². The maximum Gasteiger partial charge on any atom is 0.379 e. The summed E-state index contributed by atoms with van der Waals surface area (Å²) < 4.78 is 29.2. The number of nitrogens with zero attached hydrogens (tertiary/aromatic N) is 1. The molecule has 0 aliphatic carbocycles. The highest BCUT2D eigenvalue weighted by molar-refractivity contribution is 7.54. The maximum atomic E-state index is 13.3. The third kappa shape index (κ3) is 8.55. The summed E-state index contributed by atoms with van der Waals surface area (Å²) in [6, 6.07) is 22.5. The fourth-order valence-electron chi connectivity index (χ4n) is 3.38. The molecule has 38 heavy (non-hydrogen) atoms. The Labute approximate surface area is 220 Å². The van der Waals surface area contributed by atoms with Gasteiger partial charge >= 0.3 is 19.5 Å². The van der Waals surface area contributed by atoms with Crippen LogP contribution in [0.15, 0.2) is 84.9 Å². The molecular formula is C27H28NO9P. The van der Waals surface area contributed by atoms with Crippen molar-refractivity contribution in [3.8, 4) is 5.75 Å². The molecule has 0 saturated heterocycles. The maximum absolute atomic E-state index is 13.3. The van der Waals surface area contributed by atoms with E-state index >= 15 is 0 Å². The van der Waals surface area contributed by atoms with Gasteiger partial charge in [-0.3, -0.25) is 9.63 Å². The SMILES string of the molecule is COP(=O)(CCC(C(=O)O)N(C=O)OCc1ccccc1)Oc1cccc(C(=O)OCc2ccccc2)c1. The zero-order valence-electron chi connectivity index (χ0n) is 20.7. The van der Waals surface area contributed by atoms with Crippen LogP contribution in [0.5, 0.6) is 5.75 Å². The van der Waals surface area contributed by atoms with Gasteiger partial charge in [0, 0.05) is 7.11 Å². The van der Waals surface area contributed by atoms with E-state index in [2.05, 4.69) is 0 Å². The zero-order chi connectivity index (χ0) is 27.4. The first kappa shape index (κ1) is 28.6. The van der Waals surface area contributed by atoms with E-state index in [9.17, 15) is 24.1 Å². The molecule has 0 fully saturated rings. The molecule has 3 rings (SSSR count). The van der Waals surface area contributed by atoms with E-state index in [4.69, 9.17) is 18.6 Å². The number of carboxylic acid groups (broad SMARTS) is 1. The van der Waals surface area contributed by atoms with Crippen molar-refractivity contribution in [2.24, 2.45) is 0 Å². The Kier molecular flexibility index (Phi) is 10.6. The Hall–Kier alpha value is -3.98. The molecule has 1 N–H and O–H groups in total. The van der Waals surface area contributed by atoms with Crippen molar-refractivity contribution in [1.29, 1.82) is 0 Å². The molecule has 2 atom stereocenters. The number of esters is 1. The van der Waals surface area contributed by atoms with Gasteiger partial charge in [-0.2, -0.15) is 0 Å². The van der Waals surface area contributed by atoms with Gasteiger partial charge in [0.15, 0.2) is 6.04 Å². The van der Waals surface area contributed by atoms with E-state index in [1.807, 2.05) is 36.4 Å². The van der Waals surface area contributed by atoms with Gasteiger partial charge in [0.05, 0.1) is 11.7 Å². The van der Waals surface area contributed by atoms with Crippen LogP contribution < -0.4 is 4.52 Å². The number of hydroxylamine groups is 2. The lowest BCUT2D eigenvalue weighted by Crippen LogP contribution is -2.41. The van der Waals surface area contributed by atoms with E-state index < -0.39 is 25.6 Å². The van der Waals surface area contributed by atoms with Gasteiger partial charge in [-0.25, -0.2) is 19.2 Å². The van der Waals surface area contributed by atoms with Gasteiger partial charge in [0.1, 0.15) is 19.0 Å². The van der Waals surface area contributed by atoms with E-state index in [-0.39, 0.29) is 43.5 Å². The molecule has 0 heterocycles. The van der Waals surface area contributed by atoms with Gasteiger partial charge in [-0.05, 0) is 35.7 Å². The molecule has 0 radical (unpaired) electrons. The van der Waals surface area contributed by atoms with Crippen molar-refractivity contribution < 1.29 is 42.7 Å². The first-order chi connectivity index (χ1) is 18.3. The molecule has 1 amide bonds. The van der Waals surface area contributed by atoms with Crippen LogP contribution in [0.2, 0.25) is 0 Å². The molecule has 2 unspecified atom stereocenters. The average Bonchev–Trinajstić information content (AvgIpc) is 2.94. The monoisotopic (exact) mass is 541 g/mol. The zero-order valence-corrected chi connectivity index (χ0v) is 21.6. The fourth-order valence-corrected chi connectivity index (χ4v) is 4.72. The van der Waals surface area contributed by atoms with E-state index in [0.29, 0.717) is 5.06 Å². The number of carbonyl (C=O) groups excluding carboxylic acids is 2. The number of carbonyl (C=O) groups is 3. The van der Waals surface area contributed by atoms with Crippen molar-refractivity contribution in [3.05, 3.63) is 102 Å². The number of ether oxygens (including phenoxy) is 1. The molecule has 10 nitrogen and oxygen atoms in total. The summed E-state index contributed by atoms with van der Waals surface area (Å²) in [5.41, 5.74) is 1.73. The van der Waals surface area contributed by atoms with Crippen LogP contribution in [-0.2, 0) is 41.5 Å². The average molecular weight is 541 g/mol. The van der Waals surface area contributed by atoms with Crippen LogP contribution in [0.3, 0.4) is 0 Å². The third-order valence-electron chi connectivity index (χ3n) is 5.40. The lowest BCUT2D eigenvalue weighted by molar-refractivity contribution is -0.200. The van der Waals surface area contributed by atoms with Crippen LogP contribution in [0, 0.1) is 0 Å². The van der Waals surface area contributed by atoms with Crippen molar-refractivity contribution in [2.75, 3.05) is 13.3 Å². The van der Waals surface area contributed by atoms with E-state index in [1.54, 1.807) is 24.3 Å². The Morgan fingerprint density at radius 2 is 1.58 bits per heavy atom. The summed E-state index contributed by atoms with van der Waals surface area (Å²) in [5.74, 6) is -1.88. The number of carboxylic acids is 1. The molecular weight excluding hydrogens is 513 g/mol. The number of hydrogen-bond donors (Lipinski definition) is 1. The first-order valence-electron chi connectivity index (χ1n) is 11.6. The molecule has 0 aliphatic rings. The van der Waals surface area contributed by atoms with Crippen molar-refractivity contribution >= 4 is 25.9 Å². The second kappa shape index (κ2) is 14.1. The van der Waals surface area contributed by atoms with Crippen LogP contribution in [0.1, 0.15) is 27.9 Å². The number of benzene rings is 3. The van der Waals surface area contributed by atoms with Gasteiger partial charge in [-0.1, -0.05) is 66.7 Å². The van der Waals surface area contributed by atoms with Crippen LogP contribution in [0.4, 0.5) is 0 Å². The Morgan fingerprint density at radius 3 is 2.16 bits per heavy atom. The number of rotatable bonds is 15. The molecule has 0 spiro atoms. The molecule has 0 bridgehead atoms. The summed E-state index contributed by atoms with van der Waals surface area (Å²) in [7, 11) is -2.71. The standard InChI is InChI=1S/C27H28NO9P/c1-34-38(33,16-15-25(26(30)31)28(20-29)36-19-22-11-6-3-7-12-22)37-24-14-8-13-23(17-24)27(32)35-18-21-9-4-2-5-10-21/h2-14,17,20,25H,15-16,18-19H2,1H3,(H,30,31). The summed E-state index contributed by atoms with van der Waals surface area (Å²) >= 11 is 0. The summed E-state index contributed by atoms with van der Waals surface area (Å²) in [5, 5.41) is 10.3. The van der Waals surface area contributed by atoms with Crippen LogP contribution in [0.25, 0.3) is 0 Å². The highest BCUT2D eigenvalue weighted by atomic mass is 31.2. The molecule has 0 aromatic heterocycles. The minimum Gasteiger partial charge on any atom is -0.480 e. The highest BCUT2D eigenvalue weighted by Crippen LogP contribution is 2.48. The number of amides is 1. The van der Waals surface area contributed by atoms with Crippen molar-refractivity contribution in [1.82, 2.24) is 5.06 Å². The largest absolute Gasteiger partial charge is 0.480 e. The second-order valence-corrected chi connectivity index (χ2v) is 10.3. The predicted molar refractivity (Wildman–Crippen MR) is 137 cm³/mol. The normalized spacial score (nSPS) is 13.1. The molecule has 0 saturated carbocycles. The quantitative estimate of drug-likeness (QED) is 0.126. The van der Waals surface area contributed by atoms with Gasteiger partial charge in [0.25, 0.3) is 0 Å². The molecule has 0 aliphatic heterocycles. The Morgan fingerprint density at radius 1 is 0.947 bits per heavy atom. The van der Waals surface area contributed by atoms with Gasteiger partial charge < -0.3 is 18.9 Å². The number of aliphatic carboxylic acids is 1. The lowest BCUT2D eigenvalue weighted by atomic mass is 10.2. The van der Waals surface area contributed by atoms with E-state index in [1.165, 1.54) is 24.3 Å². The number of hydrogen-bond acceptors (Lipinski definition) is 8. The Bertz CT molecular complexity index is 1250. The van der Waals surface area contributed by atoms with Crippen molar-refractivity contribution in [3.63, 3.8) is 0 Å². The fraction of sp³-hybridized carbons (Fsp3) is 0.222. The minimum absolute atomic E-state index is 0.0328. The molecule has 200 valence electrons. The summed E-state index contributed by atoms with van der Waals surface area (Å²) in [6.45, 7) is 0.0481. The topological polar surface area (TPSA) is 129 Å². The molecule has 3 aromatic rings. The second-order valence-electron chi connectivity index (χ2n) is 8.06.